The minimum absolute atomic E-state index is 0.127. The van der Waals surface area contributed by atoms with Crippen LogP contribution in [0.3, 0.4) is 0 Å². The summed E-state index contributed by atoms with van der Waals surface area (Å²) in [5.74, 6) is -0.743. The van der Waals surface area contributed by atoms with Crippen molar-refractivity contribution < 1.29 is 9.90 Å². The highest BCUT2D eigenvalue weighted by Gasteiger charge is 2.10. The van der Waals surface area contributed by atoms with Crippen LogP contribution >= 0.6 is 0 Å². The average molecular weight is 235 g/mol. The highest BCUT2D eigenvalue weighted by Crippen LogP contribution is 2.19. The molecule has 0 saturated heterocycles. The van der Waals surface area contributed by atoms with Crippen molar-refractivity contribution in [3.8, 4) is 0 Å². The summed E-state index contributed by atoms with van der Waals surface area (Å²) in [6, 6.07) is 8.57. The Morgan fingerprint density at radius 3 is 2.47 bits per heavy atom. The Hall–Kier alpha value is -1.35. The van der Waals surface area contributed by atoms with Crippen LogP contribution in [0.5, 0.6) is 0 Å². The largest absolute Gasteiger partial charge is 0.481 e. The Balaban J connectivity index is 2.64. The van der Waals surface area contributed by atoms with E-state index in [0.717, 1.165) is 18.4 Å². The van der Waals surface area contributed by atoms with Gasteiger partial charge in [-0.05, 0) is 31.0 Å². The van der Waals surface area contributed by atoms with Crippen molar-refractivity contribution in [1.82, 2.24) is 5.32 Å². The standard InChI is InChI=1S/C14H21NO2/c1-3-4-11-5-7-12(8-6-11)13(15-2)9-10-14(16)17/h5-8,13,15H,3-4,9-10H2,1-2H3,(H,16,17). The highest BCUT2D eigenvalue weighted by molar-refractivity contribution is 5.66. The number of hydrogen-bond donors (Lipinski definition) is 2. The van der Waals surface area contributed by atoms with E-state index in [1.165, 1.54) is 5.56 Å². The molecule has 0 fully saturated rings. The van der Waals surface area contributed by atoms with Gasteiger partial charge in [0.2, 0.25) is 0 Å². The van der Waals surface area contributed by atoms with Crippen molar-refractivity contribution in [2.45, 2.75) is 38.6 Å². The molecule has 0 heterocycles. The van der Waals surface area contributed by atoms with Crippen LogP contribution in [0.4, 0.5) is 0 Å². The van der Waals surface area contributed by atoms with Crippen LogP contribution in [0.1, 0.15) is 43.4 Å². The topological polar surface area (TPSA) is 49.3 Å². The second kappa shape index (κ2) is 7.07. The predicted molar refractivity (Wildman–Crippen MR) is 69.1 cm³/mol. The van der Waals surface area contributed by atoms with E-state index in [1.54, 1.807) is 0 Å². The van der Waals surface area contributed by atoms with Gasteiger partial charge in [-0.1, -0.05) is 37.6 Å². The van der Waals surface area contributed by atoms with Gasteiger partial charge in [0.15, 0.2) is 0 Å². The third-order valence-corrected chi connectivity index (χ3v) is 2.92. The summed E-state index contributed by atoms with van der Waals surface area (Å²) in [6.07, 6.45) is 3.06. The van der Waals surface area contributed by atoms with Crippen molar-refractivity contribution >= 4 is 5.97 Å². The van der Waals surface area contributed by atoms with Gasteiger partial charge in [0.1, 0.15) is 0 Å². The lowest BCUT2D eigenvalue weighted by atomic mass is 9.99. The maximum atomic E-state index is 10.6. The normalized spacial score (nSPS) is 12.4. The Bertz CT molecular complexity index is 346. The van der Waals surface area contributed by atoms with Crippen LogP contribution < -0.4 is 5.32 Å². The zero-order valence-corrected chi connectivity index (χ0v) is 10.6. The minimum atomic E-state index is -0.743. The number of rotatable bonds is 7. The fourth-order valence-electron chi connectivity index (χ4n) is 1.95. The molecule has 1 atom stereocenters. The lowest BCUT2D eigenvalue weighted by Gasteiger charge is -2.16. The van der Waals surface area contributed by atoms with Crippen molar-refractivity contribution in [1.29, 1.82) is 0 Å². The summed E-state index contributed by atoms with van der Waals surface area (Å²) >= 11 is 0. The lowest BCUT2D eigenvalue weighted by Crippen LogP contribution is -2.17. The molecule has 0 amide bonds. The molecule has 2 N–H and O–H groups in total. The van der Waals surface area contributed by atoms with Crippen molar-refractivity contribution in [2.75, 3.05) is 7.05 Å². The molecule has 0 aromatic heterocycles. The molecule has 1 aromatic rings. The molecule has 0 aliphatic heterocycles. The maximum Gasteiger partial charge on any atom is 0.303 e. The molecule has 0 bridgehead atoms. The van der Waals surface area contributed by atoms with E-state index < -0.39 is 5.97 Å². The van der Waals surface area contributed by atoms with Crippen molar-refractivity contribution in [3.63, 3.8) is 0 Å². The molecule has 3 nitrogen and oxygen atoms in total. The van der Waals surface area contributed by atoms with Gasteiger partial charge < -0.3 is 10.4 Å². The highest BCUT2D eigenvalue weighted by atomic mass is 16.4. The number of carboxylic acid groups (broad SMARTS) is 1. The summed E-state index contributed by atoms with van der Waals surface area (Å²) in [5.41, 5.74) is 2.50. The molecule has 0 radical (unpaired) electrons. The Morgan fingerprint density at radius 2 is 2.00 bits per heavy atom. The Morgan fingerprint density at radius 1 is 1.35 bits per heavy atom. The second-order valence-electron chi connectivity index (χ2n) is 4.27. The van der Waals surface area contributed by atoms with E-state index in [4.69, 9.17) is 5.11 Å². The Labute approximate surface area is 103 Å². The molecule has 0 aliphatic carbocycles. The molecule has 1 rings (SSSR count). The molecule has 0 spiro atoms. The molecule has 0 saturated carbocycles. The van der Waals surface area contributed by atoms with Crippen LogP contribution in [0.25, 0.3) is 0 Å². The molecule has 3 heteroatoms. The summed E-state index contributed by atoms with van der Waals surface area (Å²) in [7, 11) is 1.87. The minimum Gasteiger partial charge on any atom is -0.481 e. The summed E-state index contributed by atoms with van der Waals surface area (Å²) in [4.78, 5) is 10.6. The van der Waals surface area contributed by atoms with Crippen LogP contribution in [-0.2, 0) is 11.2 Å². The van der Waals surface area contributed by atoms with Crippen molar-refractivity contribution in [3.05, 3.63) is 35.4 Å². The molecular formula is C14H21NO2. The van der Waals surface area contributed by atoms with Gasteiger partial charge in [-0.25, -0.2) is 0 Å². The molecule has 17 heavy (non-hydrogen) atoms. The zero-order chi connectivity index (χ0) is 12.7. The monoisotopic (exact) mass is 235 g/mol. The van der Waals surface area contributed by atoms with Crippen molar-refractivity contribution in [2.24, 2.45) is 0 Å². The SMILES string of the molecule is CCCc1ccc(C(CCC(=O)O)NC)cc1. The first-order valence-electron chi connectivity index (χ1n) is 6.15. The van der Waals surface area contributed by atoms with Gasteiger partial charge in [0, 0.05) is 12.5 Å². The van der Waals surface area contributed by atoms with E-state index >= 15 is 0 Å². The number of carbonyl (C=O) groups is 1. The Kier molecular flexibility index (Phi) is 5.70. The van der Waals surface area contributed by atoms with Crippen LogP contribution in [0, 0.1) is 0 Å². The van der Waals surface area contributed by atoms with Gasteiger partial charge in [0.25, 0.3) is 0 Å². The fraction of sp³-hybridized carbons (Fsp3) is 0.500. The zero-order valence-electron chi connectivity index (χ0n) is 10.6. The number of hydrogen-bond acceptors (Lipinski definition) is 2. The molecule has 1 aromatic carbocycles. The quantitative estimate of drug-likeness (QED) is 0.764. The van der Waals surface area contributed by atoms with E-state index in [-0.39, 0.29) is 12.5 Å². The van der Waals surface area contributed by atoms with E-state index in [0.29, 0.717) is 6.42 Å². The van der Waals surface area contributed by atoms with Gasteiger partial charge in [-0.3, -0.25) is 4.79 Å². The number of aliphatic carboxylic acids is 1. The number of carboxylic acids is 1. The summed E-state index contributed by atoms with van der Waals surface area (Å²) in [6.45, 7) is 2.16. The van der Waals surface area contributed by atoms with E-state index in [1.807, 2.05) is 7.05 Å². The average Bonchev–Trinajstić information content (AvgIpc) is 2.32. The predicted octanol–water partition coefficient (Wildman–Crippen LogP) is 2.76. The number of nitrogens with one attached hydrogen (secondary N) is 1. The third kappa shape index (κ3) is 4.57. The maximum absolute atomic E-state index is 10.6. The van der Waals surface area contributed by atoms with Crippen LogP contribution in [-0.4, -0.2) is 18.1 Å². The first-order valence-corrected chi connectivity index (χ1v) is 6.15. The molecule has 0 aliphatic rings. The molecular weight excluding hydrogens is 214 g/mol. The smallest absolute Gasteiger partial charge is 0.303 e. The van der Waals surface area contributed by atoms with Gasteiger partial charge in [-0.15, -0.1) is 0 Å². The lowest BCUT2D eigenvalue weighted by molar-refractivity contribution is -0.137. The van der Waals surface area contributed by atoms with Gasteiger partial charge in [-0.2, -0.15) is 0 Å². The number of aryl methyl sites for hydroxylation is 1. The van der Waals surface area contributed by atoms with E-state index in [9.17, 15) is 4.79 Å². The van der Waals surface area contributed by atoms with Crippen LogP contribution in [0.2, 0.25) is 0 Å². The van der Waals surface area contributed by atoms with Gasteiger partial charge in [0.05, 0.1) is 0 Å². The van der Waals surface area contributed by atoms with E-state index in [2.05, 4.69) is 36.5 Å². The molecule has 94 valence electrons. The summed E-state index contributed by atoms with van der Waals surface area (Å²) < 4.78 is 0. The summed E-state index contributed by atoms with van der Waals surface area (Å²) in [5, 5.41) is 11.9. The third-order valence-electron chi connectivity index (χ3n) is 2.92. The first kappa shape index (κ1) is 13.7. The van der Waals surface area contributed by atoms with Crippen LogP contribution in [0.15, 0.2) is 24.3 Å². The number of benzene rings is 1. The fourth-order valence-corrected chi connectivity index (χ4v) is 1.95. The second-order valence-corrected chi connectivity index (χ2v) is 4.27. The first-order chi connectivity index (χ1) is 8.17. The van der Waals surface area contributed by atoms with Gasteiger partial charge >= 0.3 is 5.97 Å². The molecule has 1 unspecified atom stereocenters.